The molecule has 0 amide bonds. The maximum Gasteiger partial charge on any atom is 0.414 e. The van der Waals surface area contributed by atoms with E-state index in [0.29, 0.717) is 0 Å². The zero-order chi connectivity index (χ0) is 10.9. The fourth-order valence-corrected chi connectivity index (χ4v) is 1.69. The lowest BCUT2D eigenvalue weighted by atomic mass is 10.1. The molecule has 0 aliphatic heterocycles. The summed E-state index contributed by atoms with van der Waals surface area (Å²) in [5.74, 6) is 0. The van der Waals surface area contributed by atoms with Crippen LogP contribution in [0.15, 0.2) is 23.6 Å². The van der Waals surface area contributed by atoms with Gasteiger partial charge in [-0.15, -0.1) is 11.3 Å². The van der Waals surface area contributed by atoms with Crippen molar-refractivity contribution in [3.8, 4) is 0 Å². The van der Waals surface area contributed by atoms with Crippen LogP contribution in [-0.2, 0) is 0 Å². The van der Waals surface area contributed by atoms with Gasteiger partial charge in [0.05, 0.1) is 5.57 Å². The van der Waals surface area contributed by atoms with Crippen molar-refractivity contribution in [2.24, 2.45) is 0 Å². The predicted octanol–water partition coefficient (Wildman–Crippen LogP) is 3.21. The lowest BCUT2D eigenvalue weighted by molar-refractivity contribution is -0.105. The van der Waals surface area contributed by atoms with Gasteiger partial charge >= 0.3 is 6.18 Å². The third-order valence-electron chi connectivity index (χ3n) is 1.76. The lowest BCUT2D eigenvalue weighted by Gasteiger charge is -2.15. The Balaban J connectivity index is 2.86. The highest BCUT2D eigenvalue weighted by molar-refractivity contribution is 7.10. The van der Waals surface area contributed by atoms with Crippen molar-refractivity contribution < 1.29 is 18.3 Å². The van der Waals surface area contributed by atoms with Crippen molar-refractivity contribution in [1.82, 2.24) is 0 Å². The minimum Gasteiger partial charge on any atom is -0.384 e. The van der Waals surface area contributed by atoms with E-state index in [1.54, 1.807) is 6.92 Å². The molecule has 0 saturated heterocycles. The highest BCUT2D eigenvalue weighted by Crippen LogP contribution is 2.35. The molecule has 0 aliphatic carbocycles. The molecule has 1 atom stereocenters. The smallest absolute Gasteiger partial charge is 0.384 e. The van der Waals surface area contributed by atoms with Crippen LogP contribution in [0.1, 0.15) is 16.5 Å². The van der Waals surface area contributed by atoms with Gasteiger partial charge in [0.15, 0.2) is 0 Å². The van der Waals surface area contributed by atoms with Gasteiger partial charge < -0.3 is 5.11 Å². The van der Waals surface area contributed by atoms with Gasteiger partial charge in [0, 0.05) is 4.88 Å². The topological polar surface area (TPSA) is 20.2 Å². The maximum absolute atomic E-state index is 12.1. The first kappa shape index (κ1) is 11.3. The Morgan fingerprint density at radius 1 is 1.57 bits per heavy atom. The second-order valence-electron chi connectivity index (χ2n) is 2.92. The number of thiophene rings is 1. The number of hydrogen-bond donors (Lipinski definition) is 1. The van der Waals surface area contributed by atoms with Crippen LogP contribution < -0.4 is 0 Å². The predicted molar refractivity (Wildman–Crippen MR) is 49.2 cm³/mol. The van der Waals surface area contributed by atoms with E-state index in [0.717, 1.165) is 4.88 Å². The van der Waals surface area contributed by atoms with Crippen LogP contribution in [0.5, 0.6) is 0 Å². The van der Waals surface area contributed by atoms with Crippen LogP contribution in [0.4, 0.5) is 13.2 Å². The van der Waals surface area contributed by atoms with Crippen molar-refractivity contribution in [1.29, 1.82) is 0 Å². The third-order valence-corrected chi connectivity index (χ3v) is 2.64. The van der Waals surface area contributed by atoms with Crippen molar-refractivity contribution in [2.75, 3.05) is 0 Å². The van der Waals surface area contributed by atoms with E-state index in [1.807, 2.05) is 0 Å². The van der Waals surface area contributed by atoms with E-state index >= 15 is 0 Å². The molecule has 78 valence electrons. The number of aryl methyl sites for hydroxylation is 1. The first-order valence-electron chi connectivity index (χ1n) is 3.81. The first-order chi connectivity index (χ1) is 6.32. The molecule has 0 radical (unpaired) electrons. The molecule has 0 aromatic carbocycles. The number of halogens is 3. The van der Waals surface area contributed by atoms with Crippen LogP contribution in [0.2, 0.25) is 0 Å². The molecule has 0 bridgehead atoms. The van der Waals surface area contributed by atoms with E-state index < -0.39 is 17.9 Å². The van der Waals surface area contributed by atoms with Gasteiger partial charge in [-0.1, -0.05) is 6.58 Å². The van der Waals surface area contributed by atoms with Crippen LogP contribution >= 0.6 is 11.3 Å². The van der Waals surface area contributed by atoms with E-state index in [4.69, 9.17) is 0 Å². The summed E-state index contributed by atoms with van der Waals surface area (Å²) in [6.45, 7) is 4.60. The Morgan fingerprint density at radius 3 is 2.50 bits per heavy atom. The zero-order valence-electron chi connectivity index (χ0n) is 7.43. The molecule has 14 heavy (non-hydrogen) atoms. The average molecular weight is 222 g/mol. The van der Waals surface area contributed by atoms with Crippen LogP contribution in [-0.4, -0.2) is 11.3 Å². The van der Waals surface area contributed by atoms with Crippen molar-refractivity contribution in [3.05, 3.63) is 34.0 Å². The molecule has 1 heterocycles. The fourth-order valence-electron chi connectivity index (χ4n) is 0.963. The summed E-state index contributed by atoms with van der Waals surface area (Å²) in [6, 6.07) is 1.52. The number of aliphatic hydroxyl groups is 1. The summed E-state index contributed by atoms with van der Waals surface area (Å²) in [6.07, 6.45) is -6.20. The van der Waals surface area contributed by atoms with Gasteiger partial charge in [-0.2, -0.15) is 13.2 Å². The normalized spacial score (nSPS) is 14.1. The molecule has 1 nitrogen and oxygen atoms in total. The van der Waals surface area contributed by atoms with E-state index in [-0.39, 0.29) is 5.56 Å². The first-order valence-corrected chi connectivity index (χ1v) is 4.69. The van der Waals surface area contributed by atoms with Crippen LogP contribution in [0.25, 0.3) is 0 Å². The molecule has 1 rings (SSSR count). The van der Waals surface area contributed by atoms with Crippen molar-refractivity contribution in [2.45, 2.75) is 19.2 Å². The number of rotatable bonds is 2. The van der Waals surface area contributed by atoms with E-state index in [9.17, 15) is 18.3 Å². The second kappa shape index (κ2) is 3.74. The Hall–Kier alpha value is -0.810. The minimum atomic E-state index is -4.55. The lowest BCUT2D eigenvalue weighted by Crippen LogP contribution is -2.17. The molecule has 5 heteroatoms. The monoisotopic (exact) mass is 222 g/mol. The van der Waals surface area contributed by atoms with Crippen LogP contribution in [0.3, 0.4) is 0 Å². The van der Waals surface area contributed by atoms with Gasteiger partial charge in [0.25, 0.3) is 0 Å². The molecular weight excluding hydrogens is 213 g/mol. The quantitative estimate of drug-likeness (QED) is 0.762. The Labute approximate surface area is 83.5 Å². The summed E-state index contributed by atoms with van der Waals surface area (Å²) >= 11 is 1.29. The third kappa shape index (κ3) is 2.36. The summed E-state index contributed by atoms with van der Waals surface area (Å²) in [7, 11) is 0. The number of aliphatic hydroxyl groups excluding tert-OH is 1. The number of alkyl halides is 3. The molecule has 1 aromatic rings. The number of hydrogen-bond acceptors (Lipinski definition) is 2. The summed E-state index contributed by atoms with van der Waals surface area (Å²) in [4.78, 5) is 0.856. The zero-order valence-corrected chi connectivity index (χ0v) is 8.25. The van der Waals surface area contributed by atoms with E-state index in [1.165, 1.54) is 22.8 Å². The highest BCUT2D eigenvalue weighted by atomic mass is 32.1. The second-order valence-corrected chi connectivity index (χ2v) is 4.03. The van der Waals surface area contributed by atoms with E-state index in [2.05, 4.69) is 6.58 Å². The summed E-state index contributed by atoms with van der Waals surface area (Å²) in [5.41, 5.74) is -0.884. The largest absolute Gasteiger partial charge is 0.414 e. The van der Waals surface area contributed by atoms with Gasteiger partial charge in [-0.05, 0) is 23.9 Å². The molecular formula is C9H9F3OS. The summed E-state index contributed by atoms with van der Waals surface area (Å²) < 4.78 is 36.4. The van der Waals surface area contributed by atoms with Crippen LogP contribution in [0, 0.1) is 6.92 Å². The summed E-state index contributed by atoms with van der Waals surface area (Å²) in [5, 5.41) is 10.8. The van der Waals surface area contributed by atoms with Gasteiger partial charge in [-0.25, -0.2) is 0 Å². The van der Waals surface area contributed by atoms with Gasteiger partial charge in [0.2, 0.25) is 0 Å². The molecule has 0 saturated carbocycles. The molecule has 0 fully saturated rings. The van der Waals surface area contributed by atoms with Gasteiger partial charge in [0.1, 0.15) is 6.10 Å². The standard InChI is InChI=1S/C9H9F3OS/c1-5-3-7(4-14-5)8(13)6(2)9(10,11)12/h3-4,8,13H,2H2,1H3. The van der Waals surface area contributed by atoms with Crippen molar-refractivity contribution >= 4 is 11.3 Å². The van der Waals surface area contributed by atoms with Crippen molar-refractivity contribution in [3.63, 3.8) is 0 Å². The molecule has 1 aromatic heterocycles. The Bertz CT molecular complexity index is 340. The Morgan fingerprint density at radius 2 is 2.14 bits per heavy atom. The average Bonchev–Trinajstić information content (AvgIpc) is 2.47. The molecule has 1 N–H and O–H groups in total. The maximum atomic E-state index is 12.1. The highest BCUT2D eigenvalue weighted by Gasteiger charge is 2.37. The fraction of sp³-hybridized carbons (Fsp3) is 0.333. The molecule has 0 spiro atoms. The van der Waals surface area contributed by atoms with Gasteiger partial charge in [-0.3, -0.25) is 0 Å². The Kier molecular flexibility index (Phi) is 3.01. The molecule has 0 aliphatic rings. The minimum absolute atomic E-state index is 0.245. The SMILES string of the molecule is C=C(C(O)c1csc(C)c1)C(F)(F)F. The molecule has 1 unspecified atom stereocenters.